The lowest BCUT2D eigenvalue weighted by Gasteiger charge is -2.23. The van der Waals surface area contributed by atoms with E-state index in [1.165, 1.54) is 30.0 Å². The molecule has 1 aliphatic rings. The van der Waals surface area contributed by atoms with Crippen LogP contribution in [0.15, 0.2) is 48.5 Å². The first-order valence-electron chi connectivity index (χ1n) is 7.56. The molecule has 0 unspecified atom stereocenters. The van der Waals surface area contributed by atoms with Crippen molar-refractivity contribution in [1.29, 1.82) is 0 Å². The van der Waals surface area contributed by atoms with E-state index in [4.69, 9.17) is 0 Å². The molecule has 1 saturated heterocycles. The quantitative estimate of drug-likeness (QED) is 0.925. The molecule has 24 heavy (non-hydrogen) atoms. The lowest BCUT2D eigenvalue weighted by atomic mass is 10.1. The van der Waals surface area contributed by atoms with Gasteiger partial charge in [-0.15, -0.1) is 11.8 Å². The molecule has 0 bridgehead atoms. The Hall–Kier alpha value is -2.34. The van der Waals surface area contributed by atoms with Gasteiger partial charge in [-0.25, -0.2) is 4.39 Å². The zero-order valence-electron chi connectivity index (χ0n) is 13.2. The van der Waals surface area contributed by atoms with Crippen molar-refractivity contribution < 1.29 is 14.0 Å². The van der Waals surface area contributed by atoms with E-state index < -0.39 is 5.82 Å². The van der Waals surface area contributed by atoms with Crippen molar-refractivity contribution in [3.8, 4) is 0 Å². The Bertz CT molecular complexity index is 764. The van der Waals surface area contributed by atoms with Gasteiger partial charge < -0.3 is 10.2 Å². The van der Waals surface area contributed by atoms with Crippen molar-refractivity contribution in [2.75, 3.05) is 17.6 Å². The van der Waals surface area contributed by atoms with Gasteiger partial charge in [0.15, 0.2) is 0 Å². The van der Waals surface area contributed by atoms with E-state index in [2.05, 4.69) is 5.32 Å². The minimum atomic E-state index is -0.418. The van der Waals surface area contributed by atoms with Crippen molar-refractivity contribution in [2.45, 2.75) is 12.3 Å². The molecule has 3 rings (SSSR count). The highest BCUT2D eigenvalue weighted by Gasteiger charge is 2.34. The molecule has 0 aliphatic carbocycles. The van der Waals surface area contributed by atoms with Crippen molar-refractivity contribution in [3.05, 3.63) is 65.5 Å². The molecule has 0 spiro atoms. The summed E-state index contributed by atoms with van der Waals surface area (Å²) in [5.41, 5.74) is 2.52. The fourth-order valence-corrected chi connectivity index (χ4v) is 3.74. The molecule has 1 heterocycles. The summed E-state index contributed by atoms with van der Waals surface area (Å²) in [6.45, 7) is 1.95. The standard InChI is InChI=1S/C18H17FN2O2S/c1-12-5-7-13(8-6-12)18-21(17(23)11-24-18)10-16(22)20-15-4-2-3-14(19)9-15/h2-9,18H,10-11H2,1H3,(H,20,22)/t18-/m1/s1. The van der Waals surface area contributed by atoms with Gasteiger partial charge in [-0.2, -0.15) is 0 Å². The number of nitrogens with zero attached hydrogens (tertiary/aromatic N) is 1. The van der Waals surface area contributed by atoms with Crippen LogP contribution in [0.5, 0.6) is 0 Å². The molecule has 1 atom stereocenters. The molecular weight excluding hydrogens is 327 g/mol. The smallest absolute Gasteiger partial charge is 0.244 e. The third-order valence-corrected chi connectivity index (χ3v) is 5.01. The van der Waals surface area contributed by atoms with E-state index >= 15 is 0 Å². The van der Waals surface area contributed by atoms with E-state index in [0.717, 1.165) is 11.1 Å². The van der Waals surface area contributed by atoms with Crippen LogP contribution in [0.3, 0.4) is 0 Å². The van der Waals surface area contributed by atoms with Crippen LogP contribution >= 0.6 is 11.8 Å². The predicted octanol–water partition coefficient (Wildman–Crippen LogP) is 3.35. The average molecular weight is 344 g/mol. The Morgan fingerprint density at radius 1 is 1.29 bits per heavy atom. The van der Waals surface area contributed by atoms with Gasteiger partial charge in [0.25, 0.3) is 0 Å². The number of aryl methyl sites for hydroxylation is 1. The molecule has 2 amide bonds. The first-order chi connectivity index (χ1) is 11.5. The van der Waals surface area contributed by atoms with Crippen LogP contribution in [0, 0.1) is 12.7 Å². The van der Waals surface area contributed by atoms with Crippen molar-refractivity contribution >= 4 is 29.3 Å². The third-order valence-electron chi connectivity index (χ3n) is 3.75. The van der Waals surface area contributed by atoms with Gasteiger partial charge in [-0.3, -0.25) is 9.59 Å². The SMILES string of the molecule is Cc1ccc([C@H]2SCC(=O)N2CC(=O)Nc2cccc(F)c2)cc1. The van der Waals surface area contributed by atoms with Gasteiger partial charge in [0, 0.05) is 5.69 Å². The number of carbonyl (C=O) groups is 2. The van der Waals surface area contributed by atoms with Crippen LogP contribution in [-0.4, -0.2) is 29.0 Å². The summed E-state index contributed by atoms with van der Waals surface area (Å²) < 4.78 is 13.2. The largest absolute Gasteiger partial charge is 0.324 e. The Balaban J connectivity index is 1.70. The minimum Gasteiger partial charge on any atom is -0.324 e. The van der Waals surface area contributed by atoms with E-state index in [0.29, 0.717) is 11.4 Å². The lowest BCUT2D eigenvalue weighted by Crippen LogP contribution is -2.36. The van der Waals surface area contributed by atoms with Crippen LogP contribution in [0.4, 0.5) is 10.1 Å². The highest BCUT2D eigenvalue weighted by Crippen LogP contribution is 2.38. The van der Waals surface area contributed by atoms with Crippen molar-refractivity contribution in [1.82, 2.24) is 4.90 Å². The first kappa shape index (κ1) is 16.5. The molecule has 0 saturated carbocycles. The minimum absolute atomic E-state index is 0.0547. The number of halogens is 1. The summed E-state index contributed by atoms with van der Waals surface area (Å²) in [6.07, 6.45) is 0. The number of nitrogens with one attached hydrogen (secondary N) is 1. The summed E-state index contributed by atoms with van der Waals surface area (Å²) in [5, 5.41) is 2.46. The summed E-state index contributed by atoms with van der Waals surface area (Å²) in [5.74, 6) is -0.474. The molecular formula is C18H17FN2O2S. The summed E-state index contributed by atoms with van der Waals surface area (Å²) in [6, 6.07) is 13.6. The maximum absolute atomic E-state index is 13.2. The summed E-state index contributed by atoms with van der Waals surface area (Å²) in [7, 11) is 0. The van der Waals surface area contributed by atoms with E-state index in [9.17, 15) is 14.0 Å². The molecule has 6 heteroatoms. The number of benzene rings is 2. The second kappa shape index (κ2) is 7.05. The van der Waals surface area contributed by atoms with Gasteiger partial charge in [-0.1, -0.05) is 35.9 Å². The number of amides is 2. The molecule has 0 radical (unpaired) electrons. The number of rotatable bonds is 4. The number of thioether (sulfide) groups is 1. The second-order valence-electron chi connectivity index (χ2n) is 5.65. The van der Waals surface area contributed by atoms with Crippen LogP contribution in [0.25, 0.3) is 0 Å². The first-order valence-corrected chi connectivity index (χ1v) is 8.61. The molecule has 4 nitrogen and oxygen atoms in total. The molecule has 1 N–H and O–H groups in total. The molecule has 2 aromatic rings. The number of hydrogen-bond acceptors (Lipinski definition) is 3. The van der Waals surface area contributed by atoms with Crippen LogP contribution in [0.2, 0.25) is 0 Å². The number of carbonyl (C=O) groups excluding carboxylic acids is 2. The fourth-order valence-electron chi connectivity index (χ4n) is 2.55. The van der Waals surface area contributed by atoms with Crippen LogP contribution in [-0.2, 0) is 9.59 Å². The average Bonchev–Trinajstić information content (AvgIpc) is 2.89. The Kier molecular flexibility index (Phi) is 4.85. The molecule has 1 aliphatic heterocycles. The van der Waals surface area contributed by atoms with Gasteiger partial charge in [0.2, 0.25) is 11.8 Å². The van der Waals surface area contributed by atoms with Crippen molar-refractivity contribution in [3.63, 3.8) is 0 Å². The van der Waals surface area contributed by atoms with E-state index in [1.54, 1.807) is 11.0 Å². The molecule has 0 aromatic heterocycles. The Labute approximate surface area is 144 Å². The fraction of sp³-hybridized carbons (Fsp3) is 0.222. The normalized spacial score (nSPS) is 17.2. The van der Waals surface area contributed by atoms with Gasteiger partial charge >= 0.3 is 0 Å². The zero-order chi connectivity index (χ0) is 17.1. The lowest BCUT2D eigenvalue weighted by molar-refractivity contribution is -0.132. The topological polar surface area (TPSA) is 49.4 Å². The molecule has 1 fully saturated rings. The number of hydrogen-bond donors (Lipinski definition) is 1. The highest BCUT2D eigenvalue weighted by molar-refractivity contribution is 8.00. The second-order valence-corrected chi connectivity index (χ2v) is 6.72. The predicted molar refractivity (Wildman–Crippen MR) is 93.1 cm³/mol. The van der Waals surface area contributed by atoms with Gasteiger partial charge in [-0.05, 0) is 30.7 Å². The summed E-state index contributed by atoms with van der Waals surface area (Å²) in [4.78, 5) is 25.9. The Morgan fingerprint density at radius 2 is 2.04 bits per heavy atom. The maximum Gasteiger partial charge on any atom is 0.244 e. The maximum atomic E-state index is 13.2. The third kappa shape index (κ3) is 3.76. The van der Waals surface area contributed by atoms with Crippen LogP contribution in [0.1, 0.15) is 16.5 Å². The zero-order valence-corrected chi connectivity index (χ0v) is 14.0. The summed E-state index contributed by atoms with van der Waals surface area (Å²) >= 11 is 1.50. The highest BCUT2D eigenvalue weighted by atomic mass is 32.2. The molecule has 2 aromatic carbocycles. The number of anilines is 1. The van der Waals surface area contributed by atoms with Crippen LogP contribution < -0.4 is 5.32 Å². The Morgan fingerprint density at radius 3 is 2.75 bits per heavy atom. The van der Waals surface area contributed by atoms with Gasteiger partial charge in [0.05, 0.1) is 5.75 Å². The monoisotopic (exact) mass is 344 g/mol. The molecule has 124 valence electrons. The van der Waals surface area contributed by atoms with E-state index in [1.807, 2.05) is 31.2 Å². The van der Waals surface area contributed by atoms with Gasteiger partial charge in [0.1, 0.15) is 17.7 Å². The van der Waals surface area contributed by atoms with E-state index in [-0.39, 0.29) is 23.7 Å². The van der Waals surface area contributed by atoms with Crippen molar-refractivity contribution in [2.24, 2.45) is 0 Å².